The van der Waals surface area contributed by atoms with E-state index < -0.39 is 0 Å². The van der Waals surface area contributed by atoms with Crippen molar-refractivity contribution in [1.29, 1.82) is 0 Å². The molecular weight excluding hydrogens is 316 g/mol. The number of aromatic nitrogens is 1. The molecule has 1 heterocycles. The molecule has 4 heteroatoms. The average Bonchev–Trinajstić information content (AvgIpc) is 2.43. The predicted molar refractivity (Wildman–Crippen MR) is 85.0 cm³/mol. The van der Waals surface area contributed by atoms with Crippen LogP contribution in [0.1, 0.15) is 31.1 Å². The first-order valence-electron chi connectivity index (χ1n) is 6.65. The second kappa shape index (κ2) is 6.86. The van der Waals surface area contributed by atoms with E-state index >= 15 is 0 Å². The lowest BCUT2D eigenvalue weighted by Crippen LogP contribution is -2.18. The molecule has 2 rings (SSSR count). The zero-order chi connectivity index (χ0) is 14.5. The summed E-state index contributed by atoms with van der Waals surface area (Å²) in [7, 11) is 1.94. The average molecular weight is 335 g/mol. The first-order valence-corrected chi connectivity index (χ1v) is 7.45. The van der Waals surface area contributed by atoms with Gasteiger partial charge in [0.2, 0.25) is 0 Å². The fourth-order valence-corrected chi connectivity index (χ4v) is 2.29. The van der Waals surface area contributed by atoms with Crippen molar-refractivity contribution in [1.82, 2.24) is 10.3 Å². The van der Waals surface area contributed by atoms with E-state index in [2.05, 4.69) is 38.4 Å². The molecule has 1 N–H and O–H groups in total. The molecule has 1 atom stereocenters. The first kappa shape index (κ1) is 15.0. The molecule has 0 aliphatic heterocycles. The van der Waals surface area contributed by atoms with Crippen molar-refractivity contribution in [3.63, 3.8) is 0 Å². The number of hydrogen-bond donors (Lipinski definition) is 1. The number of hydrogen-bond acceptors (Lipinski definition) is 3. The summed E-state index contributed by atoms with van der Waals surface area (Å²) in [6.45, 7) is 4.05. The Kier molecular flexibility index (Phi) is 5.15. The van der Waals surface area contributed by atoms with Gasteiger partial charge in [-0.1, -0.05) is 12.1 Å². The van der Waals surface area contributed by atoms with E-state index in [1.807, 2.05) is 51.4 Å². The summed E-state index contributed by atoms with van der Waals surface area (Å²) in [4.78, 5) is 4.46. The Hall–Kier alpha value is -1.39. The van der Waals surface area contributed by atoms with Crippen LogP contribution in [-0.2, 0) is 0 Å². The standard InChI is InChI=1S/C16H19BrN2O/c1-11(2)20-14-7-4-12(5-8-14)16(18-3)15-9-6-13(17)10-19-15/h4-11,16,18H,1-3H3. The van der Waals surface area contributed by atoms with Crippen molar-refractivity contribution < 1.29 is 4.74 Å². The van der Waals surface area contributed by atoms with Crippen LogP contribution in [0.15, 0.2) is 47.1 Å². The number of nitrogens with zero attached hydrogens (tertiary/aromatic N) is 1. The molecule has 0 bridgehead atoms. The highest BCUT2D eigenvalue weighted by Gasteiger charge is 2.13. The number of pyridine rings is 1. The largest absolute Gasteiger partial charge is 0.491 e. The Balaban J connectivity index is 2.21. The summed E-state index contributed by atoms with van der Waals surface area (Å²) < 4.78 is 6.64. The van der Waals surface area contributed by atoms with Crippen molar-refractivity contribution in [3.8, 4) is 5.75 Å². The minimum Gasteiger partial charge on any atom is -0.491 e. The maximum atomic E-state index is 5.66. The zero-order valence-corrected chi connectivity index (χ0v) is 13.5. The Morgan fingerprint density at radius 2 is 1.80 bits per heavy atom. The van der Waals surface area contributed by atoms with Crippen molar-refractivity contribution in [2.75, 3.05) is 7.05 Å². The van der Waals surface area contributed by atoms with Gasteiger partial charge in [-0.05, 0) is 66.7 Å². The van der Waals surface area contributed by atoms with Gasteiger partial charge in [-0.2, -0.15) is 0 Å². The van der Waals surface area contributed by atoms with E-state index in [1.54, 1.807) is 0 Å². The summed E-state index contributed by atoms with van der Waals surface area (Å²) in [6, 6.07) is 12.2. The minimum atomic E-state index is 0.0798. The number of halogens is 1. The number of ether oxygens (including phenoxy) is 1. The van der Waals surface area contributed by atoms with E-state index in [0.29, 0.717) is 0 Å². The van der Waals surface area contributed by atoms with E-state index in [1.165, 1.54) is 5.56 Å². The van der Waals surface area contributed by atoms with Crippen LogP contribution in [0.25, 0.3) is 0 Å². The number of rotatable bonds is 5. The highest BCUT2D eigenvalue weighted by atomic mass is 79.9. The monoisotopic (exact) mass is 334 g/mol. The number of nitrogens with one attached hydrogen (secondary N) is 1. The molecular formula is C16H19BrN2O. The highest BCUT2D eigenvalue weighted by molar-refractivity contribution is 9.10. The van der Waals surface area contributed by atoms with Crippen LogP contribution in [0, 0.1) is 0 Å². The molecule has 1 aromatic carbocycles. The molecule has 20 heavy (non-hydrogen) atoms. The summed E-state index contributed by atoms with van der Waals surface area (Å²) in [5, 5.41) is 3.30. The molecule has 0 spiro atoms. The molecule has 1 aromatic heterocycles. The molecule has 0 aliphatic carbocycles. The lowest BCUT2D eigenvalue weighted by atomic mass is 10.0. The third-order valence-corrected chi connectivity index (χ3v) is 3.39. The van der Waals surface area contributed by atoms with Crippen molar-refractivity contribution in [2.45, 2.75) is 26.0 Å². The first-order chi connectivity index (χ1) is 9.60. The maximum Gasteiger partial charge on any atom is 0.119 e. The van der Waals surface area contributed by atoms with Gasteiger partial charge in [0.1, 0.15) is 5.75 Å². The van der Waals surface area contributed by atoms with Crippen LogP contribution in [0.5, 0.6) is 5.75 Å². The molecule has 0 fully saturated rings. The van der Waals surface area contributed by atoms with Crippen LogP contribution in [0.4, 0.5) is 0 Å². The SMILES string of the molecule is CNC(c1ccc(OC(C)C)cc1)c1ccc(Br)cn1. The van der Waals surface area contributed by atoms with Gasteiger partial charge in [0.05, 0.1) is 17.8 Å². The van der Waals surface area contributed by atoms with Gasteiger partial charge in [-0.15, -0.1) is 0 Å². The highest BCUT2D eigenvalue weighted by Crippen LogP contribution is 2.23. The zero-order valence-electron chi connectivity index (χ0n) is 11.9. The van der Waals surface area contributed by atoms with Crippen molar-refractivity contribution in [2.24, 2.45) is 0 Å². The Morgan fingerprint density at radius 3 is 2.30 bits per heavy atom. The van der Waals surface area contributed by atoms with E-state index in [-0.39, 0.29) is 12.1 Å². The van der Waals surface area contributed by atoms with E-state index in [4.69, 9.17) is 4.74 Å². The van der Waals surface area contributed by atoms with Crippen LogP contribution >= 0.6 is 15.9 Å². The third kappa shape index (κ3) is 3.81. The Labute approximate surface area is 128 Å². The summed E-state index contributed by atoms with van der Waals surface area (Å²) in [5.74, 6) is 0.891. The molecule has 3 nitrogen and oxygen atoms in total. The predicted octanol–water partition coefficient (Wildman–Crippen LogP) is 3.94. The topological polar surface area (TPSA) is 34.1 Å². The molecule has 1 unspecified atom stereocenters. The van der Waals surface area contributed by atoms with Crippen LogP contribution in [0.2, 0.25) is 0 Å². The van der Waals surface area contributed by atoms with Crippen molar-refractivity contribution in [3.05, 3.63) is 58.3 Å². The lowest BCUT2D eigenvalue weighted by Gasteiger charge is -2.17. The van der Waals surface area contributed by atoms with Gasteiger partial charge in [-0.25, -0.2) is 0 Å². The van der Waals surface area contributed by atoms with Crippen LogP contribution < -0.4 is 10.1 Å². The van der Waals surface area contributed by atoms with Gasteiger partial charge in [0, 0.05) is 10.7 Å². The van der Waals surface area contributed by atoms with Gasteiger partial charge >= 0.3 is 0 Å². The third-order valence-electron chi connectivity index (χ3n) is 2.92. The smallest absolute Gasteiger partial charge is 0.119 e. The normalized spacial score (nSPS) is 12.4. The Morgan fingerprint density at radius 1 is 1.10 bits per heavy atom. The van der Waals surface area contributed by atoms with E-state index in [9.17, 15) is 0 Å². The van der Waals surface area contributed by atoms with Gasteiger partial charge in [0.25, 0.3) is 0 Å². The van der Waals surface area contributed by atoms with Gasteiger partial charge in [0.15, 0.2) is 0 Å². The lowest BCUT2D eigenvalue weighted by molar-refractivity contribution is 0.242. The quantitative estimate of drug-likeness (QED) is 0.899. The molecule has 0 radical (unpaired) electrons. The molecule has 0 amide bonds. The molecule has 0 saturated carbocycles. The van der Waals surface area contributed by atoms with Gasteiger partial charge in [-0.3, -0.25) is 4.98 Å². The van der Waals surface area contributed by atoms with Crippen LogP contribution in [0.3, 0.4) is 0 Å². The molecule has 0 aliphatic rings. The van der Waals surface area contributed by atoms with Crippen molar-refractivity contribution >= 4 is 15.9 Å². The second-order valence-corrected chi connectivity index (χ2v) is 5.77. The second-order valence-electron chi connectivity index (χ2n) is 4.86. The molecule has 106 valence electrons. The Bertz CT molecular complexity index is 537. The maximum absolute atomic E-state index is 5.66. The van der Waals surface area contributed by atoms with E-state index in [0.717, 1.165) is 15.9 Å². The summed E-state index contributed by atoms with van der Waals surface area (Å²) >= 11 is 3.41. The fraction of sp³-hybridized carbons (Fsp3) is 0.312. The molecule has 2 aromatic rings. The summed E-state index contributed by atoms with van der Waals surface area (Å²) in [5.41, 5.74) is 2.16. The fourth-order valence-electron chi connectivity index (χ4n) is 2.05. The molecule has 0 saturated heterocycles. The summed E-state index contributed by atoms with van der Waals surface area (Å²) in [6.07, 6.45) is 2.00. The minimum absolute atomic E-state index is 0.0798. The van der Waals surface area contributed by atoms with Gasteiger partial charge < -0.3 is 10.1 Å². The number of benzene rings is 1. The van der Waals surface area contributed by atoms with Crippen LogP contribution in [-0.4, -0.2) is 18.1 Å².